The lowest BCUT2D eigenvalue weighted by Gasteiger charge is -2.11. The lowest BCUT2D eigenvalue weighted by molar-refractivity contribution is 0.145. The van der Waals surface area contributed by atoms with Crippen LogP contribution in [0.1, 0.15) is 17.6 Å². The van der Waals surface area contributed by atoms with Gasteiger partial charge in [-0.25, -0.2) is 8.78 Å². The molecule has 0 spiro atoms. The number of halogens is 2. The number of nitrogens with zero attached hydrogens (tertiary/aromatic N) is 1. The van der Waals surface area contributed by atoms with Gasteiger partial charge in [-0.2, -0.15) is 4.98 Å². The molecule has 0 aromatic carbocycles. The lowest BCUT2D eigenvalue weighted by Crippen LogP contribution is -2.02. The molecule has 0 unspecified atom stereocenters. The number of pyridine rings is 1. The van der Waals surface area contributed by atoms with Crippen LogP contribution in [0.4, 0.5) is 8.78 Å². The summed E-state index contributed by atoms with van der Waals surface area (Å²) in [5, 5.41) is 8.91. The minimum Gasteiger partial charge on any atom is -0.481 e. The molecule has 0 aliphatic heterocycles. The van der Waals surface area contributed by atoms with Crippen molar-refractivity contribution in [2.75, 3.05) is 14.2 Å². The van der Waals surface area contributed by atoms with Crippen molar-refractivity contribution < 1.29 is 23.4 Å². The normalized spacial score (nSPS) is 10.5. The molecule has 0 aliphatic carbocycles. The number of aliphatic hydroxyl groups excluding tert-OH is 1. The lowest BCUT2D eigenvalue weighted by atomic mass is 10.2. The highest BCUT2D eigenvalue weighted by Crippen LogP contribution is 2.31. The second-order valence-corrected chi connectivity index (χ2v) is 2.71. The number of rotatable bonds is 4. The van der Waals surface area contributed by atoms with Crippen LogP contribution < -0.4 is 9.47 Å². The van der Waals surface area contributed by atoms with Crippen molar-refractivity contribution in [2.24, 2.45) is 0 Å². The van der Waals surface area contributed by atoms with Crippen LogP contribution in [0.2, 0.25) is 0 Å². The predicted octanol–water partition coefficient (Wildman–Crippen LogP) is 1.53. The van der Waals surface area contributed by atoms with Crippen molar-refractivity contribution >= 4 is 0 Å². The van der Waals surface area contributed by atoms with Gasteiger partial charge in [-0.05, 0) is 6.07 Å². The molecule has 1 rings (SSSR count). The molecular weight excluding hydrogens is 208 g/mol. The van der Waals surface area contributed by atoms with Crippen LogP contribution in [0.15, 0.2) is 6.07 Å². The highest BCUT2D eigenvalue weighted by atomic mass is 19.3. The summed E-state index contributed by atoms with van der Waals surface area (Å²) in [5.41, 5.74) is -0.157. The van der Waals surface area contributed by atoms with Crippen molar-refractivity contribution in [1.29, 1.82) is 0 Å². The van der Waals surface area contributed by atoms with Gasteiger partial charge in [-0.15, -0.1) is 0 Å². The van der Waals surface area contributed by atoms with Crippen LogP contribution in [0.3, 0.4) is 0 Å². The smallest absolute Gasteiger partial charge is 0.269 e. The maximum atomic E-state index is 12.5. The summed E-state index contributed by atoms with van der Waals surface area (Å²) in [5.74, 6) is -0.113. The van der Waals surface area contributed by atoms with Crippen molar-refractivity contribution in [1.82, 2.24) is 4.98 Å². The molecule has 0 aliphatic rings. The largest absolute Gasteiger partial charge is 0.481 e. The molecule has 0 radical (unpaired) electrons. The minimum absolute atomic E-state index is 0.0822. The van der Waals surface area contributed by atoms with E-state index in [1.165, 1.54) is 14.2 Å². The third kappa shape index (κ3) is 2.33. The third-order valence-electron chi connectivity index (χ3n) is 1.85. The number of aliphatic hydroxyl groups is 1. The van der Waals surface area contributed by atoms with Gasteiger partial charge in [0.05, 0.1) is 26.4 Å². The number of hydrogen-bond donors (Lipinski definition) is 1. The Balaban J connectivity index is 3.27. The molecule has 15 heavy (non-hydrogen) atoms. The summed E-state index contributed by atoms with van der Waals surface area (Å²) in [6, 6.07) is 1.12. The molecular formula is C9H11F2NO3. The van der Waals surface area contributed by atoms with E-state index in [0.717, 1.165) is 6.07 Å². The SMILES string of the molecule is COc1nc(OC)c(C(F)F)cc1CO. The summed E-state index contributed by atoms with van der Waals surface area (Å²) >= 11 is 0. The van der Waals surface area contributed by atoms with Gasteiger partial charge < -0.3 is 14.6 Å². The average Bonchev–Trinajstić information content (AvgIpc) is 2.26. The molecule has 0 saturated heterocycles. The Labute approximate surface area is 85.5 Å². The van der Waals surface area contributed by atoms with Gasteiger partial charge in [-0.3, -0.25) is 0 Å². The van der Waals surface area contributed by atoms with E-state index >= 15 is 0 Å². The fourth-order valence-corrected chi connectivity index (χ4v) is 1.15. The van der Waals surface area contributed by atoms with E-state index in [1.807, 2.05) is 0 Å². The average molecular weight is 219 g/mol. The third-order valence-corrected chi connectivity index (χ3v) is 1.85. The summed E-state index contributed by atoms with van der Waals surface area (Å²) in [7, 11) is 2.58. The van der Waals surface area contributed by atoms with E-state index < -0.39 is 13.0 Å². The topological polar surface area (TPSA) is 51.6 Å². The van der Waals surface area contributed by atoms with Crippen LogP contribution in [0, 0.1) is 0 Å². The van der Waals surface area contributed by atoms with Gasteiger partial charge in [0.15, 0.2) is 0 Å². The number of methoxy groups -OCH3 is 2. The number of hydrogen-bond acceptors (Lipinski definition) is 4. The van der Waals surface area contributed by atoms with Gasteiger partial charge in [0.2, 0.25) is 11.8 Å². The van der Waals surface area contributed by atoms with Gasteiger partial charge in [0.1, 0.15) is 0 Å². The van der Waals surface area contributed by atoms with Crippen molar-refractivity contribution in [3.05, 3.63) is 17.2 Å². The van der Waals surface area contributed by atoms with E-state index in [-0.39, 0.29) is 22.9 Å². The molecule has 1 N–H and O–H groups in total. The Morgan fingerprint density at radius 1 is 1.33 bits per heavy atom. The van der Waals surface area contributed by atoms with Crippen LogP contribution in [-0.4, -0.2) is 24.3 Å². The highest BCUT2D eigenvalue weighted by Gasteiger charge is 2.19. The maximum absolute atomic E-state index is 12.5. The first-order valence-electron chi connectivity index (χ1n) is 4.14. The van der Waals surface area contributed by atoms with Gasteiger partial charge in [0.25, 0.3) is 6.43 Å². The Hall–Kier alpha value is -1.43. The van der Waals surface area contributed by atoms with E-state index in [0.29, 0.717) is 0 Å². The second kappa shape index (κ2) is 4.88. The van der Waals surface area contributed by atoms with Crippen LogP contribution >= 0.6 is 0 Å². The molecule has 0 fully saturated rings. The van der Waals surface area contributed by atoms with E-state index in [2.05, 4.69) is 4.98 Å². The Kier molecular flexibility index (Phi) is 3.79. The second-order valence-electron chi connectivity index (χ2n) is 2.71. The highest BCUT2D eigenvalue weighted by molar-refractivity contribution is 5.38. The summed E-state index contributed by atoms with van der Waals surface area (Å²) in [6.07, 6.45) is -2.70. The molecule has 0 amide bonds. The van der Waals surface area contributed by atoms with Crippen molar-refractivity contribution in [2.45, 2.75) is 13.0 Å². The first-order chi connectivity index (χ1) is 7.13. The Morgan fingerprint density at radius 3 is 2.33 bits per heavy atom. The number of alkyl halides is 2. The quantitative estimate of drug-likeness (QED) is 0.834. The van der Waals surface area contributed by atoms with Crippen LogP contribution in [-0.2, 0) is 6.61 Å². The first-order valence-corrected chi connectivity index (χ1v) is 4.14. The summed E-state index contributed by atoms with van der Waals surface area (Å²) in [6.45, 7) is -0.417. The fraction of sp³-hybridized carbons (Fsp3) is 0.444. The Morgan fingerprint density at radius 2 is 1.93 bits per heavy atom. The van der Waals surface area contributed by atoms with Crippen molar-refractivity contribution in [3.8, 4) is 11.8 Å². The summed E-state index contributed by atoms with van der Waals surface area (Å²) < 4.78 is 34.6. The van der Waals surface area contributed by atoms with Crippen molar-refractivity contribution in [3.63, 3.8) is 0 Å². The standard InChI is InChI=1S/C9H11F2NO3/c1-14-8-5(4-13)3-6(7(10)11)9(12-8)15-2/h3,7,13H,4H2,1-2H3. The predicted molar refractivity (Wildman–Crippen MR) is 48.2 cm³/mol. The molecule has 1 aromatic heterocycles. The molecule has 4 nitrogen and oxygen atoms in total. The minimum atomic E-state index is -2.70. The van der Waals surface area contributed by atoms with Crippen LogP contribution in [0.5, 0.6) is 11.8 Å². The first kappa shape index (κ1) is 11.6. The molecule has 1 heterocycles. The molecule has 0 saturated carbocycles. The van der Waals surface area contributed by atoms with E-state index in [1.54, 1.807) is 0 Å². The van der Waals surface area contributed by atoms with E-state index in [9.17, 15) is 8.78 Å². The number of ether oxygens (including phenoxy) is 2. The molecule has 0 atom stereocenters. The van der Waals surface area contributed by atoms with Gasteiger partial charge in [-0.1, -0.05) is 0 Å². The summed E-state index contributed by atoms with van der Waals surface area (Å²) in [4.78, 5) is 3.72. The fourth-order valence-electron chi connectivity index (χ4n) is 1.15. The molecule has 84 valence electrons. The molecule has 6 heteroatoms. The zero-order chi connectivity index (χ0) is 11.4. The zero-order valence-corrected chi connectivity index (χ0v) is 8.33. The Bertz CT molecular complexity index is 344. The van der Waals surface area contributed by atoms with Gasteiger partial charge in [0, 0.05) is 5.56 Å². The zero-order valence-electron chi connectivity index (χ0n) is 8.33. The molecule has 1 aromatic rings. The van der Waals surface area contributed by atoms with E-state index in [4.69, 9.17) is 14.6 Å². The number of aromatic nitrogens is 1. The maximum Gasteiger partial charge on any atom is 0.269 e. The van der Waals surface area contributed by atoms with Gasteiger partial charge >= 0.3 is 0 Å². The monoisotopic (exact) mass is 219 g/mol. The van der Waals surface area contributed by atoms with Crippen LogP contribution in [0.25, 0.3) is 0 Å². The molecule has 0 bridgehead atoms.